The van der Waals surface area contributed by atoms with Crippen molar-refractivity contribution in [3.05, 3.63) is 60.2 Å². The predicted molar refractivity (Wildman–Crippen MR) is 108 cm³/mol. The van der Waals surface area contributed by atoms with Crippen LogP contribution in [0.25, 0.3) is 11.0 Å². The number of ether oxygens (including phenoxy) is 3. The number of hydrogen-bond donors (Lipinski definition) is 1. The van der Waals surface area contributed by atoms with Crippen molar-refractivity contribution in [2.75, 3.05) is 20.8 Å². The van der Waals surface area contributed by atoms with Crippen LogP contribution in [0.1, 0.15) is 27.6 Å². The van der Waals surface area contributed by atoms with Crippen LogP contribution in [-0.4, -0.2) is 62.6 Å². The van der Waals surface area contributed by atoms with Gasteiger partial charge in [0.25, 0.3) is 0 Å². The zero-order chi connectivity index (χ0) is 21.7. The minimum absolute atomic E-state index is 0. The van der Waals surface area contributed by atoms with Crippen molar-refractivity contribution in [2.24, 2.45) is 0 Å². The maximum atomic E-state index is 11.6. The minimum Gasteiger partial charge on any atom is -0.870 e. The second-order valence-corrected chi connectivity index (χ2v) is 5.93. The number of carbonyl (C=O) groups is 2. The molecule has 4 aromatic heterocycles. The van der Waals surface area contributed by atoms with Gasteiger partial charge < -0.3 is 24.8 Å². The Bertz CT molecular complexity index is 1210. The Balaban J connectivity index is 0.000000303. The standard InChI is InChI=1S/C11H12N2O3.C9H8N2O3.Li.H2O/c1-3-16-11(14)9-7-12-13-5-4-8(15-2)6-10(9)13;1-14-6-2-3-11-8(4-6)7(5-10-11)9(12)13;;/h4-7H,3H2,1-2H3;2-5H,1H3,(H,12,13);;1H2/q;;+1;/p-1. The molecule has 0 bridgehead atoms. The van der Waals surface area contributed by atoms with E-state index in [0.717, 1.165) is 0 Å². The molecule has 164 valence electrons. The first kappa shape index (κ1) is 26.5. The van der Waals surface area contributed by atoms with Crippen LogP contribution in [-0.2, 0) is 4.74 Å². The Kier molecular flexibility index (Phi) is 9.74. The maximum Gasteiger partial charge on any atom is 1.00 e. The van der Waals surface area contributed by atoms with Crippen molar-refractivity contribution >= 4 is 23.0 Å². The third-order valence-corrected chi connectivity index (χ3v) is 4.18. The van der Waals surface area contributed by atoms with Gasteiger partial charge in [0.1, 0.15) is 22.6 Å². The van der Waals surface area contributed by atoms with Crippen LogP contribution in [0.5, 0.6) is 11.5 Å². The van der Waals surface area contributed by atoms with Gasteiger partial charge in [-0.1, -0.05) is 0 Å². The largest absolute Gasteiger partial charge is 1.00 e. The second-order valence-electron chi connectivity index (χ2n) is 5.93. The van der Waals surface area contributed by atoms with Crippen LogP contribution in [0.3, 0.4) is 0 Å². The number of esters is 1. The van der Waals surface area contributed by atoms with E-state index in [2.05, 4.69) is 10.2 Å². The SMILES string of the molecule is CCOC(=O)c1cnn2ccc(OC)cc12.COc1ccn2ncc(C(=O)O)c2c1.[Li+].[OH-]. The monoisotopic (exact) mass is 436 g/mol. The number of nitrogens with zero attached hydrogens (tertiary/aromatic N) is 4. The molecule has 0 spiro atoms. The van der Waals surface area contributed by atoms with Gasteiger partial charge in [0.2, 0.25) is 0 Å². The molecule has 12 heteroatoms. The average Bonchev–Trinajstić information content (AvgIpc) is 3.37. The van der Waals surface area contributed by atoms with E-state index in [9.17, 15) is 9.59 Å². The van der Waals surface area contributed by atoms with E-state index in [4.69, 9.17) is 19.3 Å². The van der Waals surface area contributed by atoms with Crippen LogP contribution < -0.4 is 28.3 Å². The summed E-state index contributed by atoms with van der Waals surface area (Å²) in [6, 6.07) is 6.87. The van der Waals surface area contributed by atoms with Gasteiger partial charge in [-0.05, 0) is 19.1 Å². The molecule has 4 aromatic rings. The van der Waals surface area contributed by atoms with Crippen molar-refractivity contribution in [3.8, 4) is 11.5 Å². The molecule has 0 fully saturated rings. The molecule has 0 atom stereocenters. The molecule has 4 heterocycles. The molecule has 0 saturated heterocycles. The molecule has 32 heavy (non-hydrogen) atoms. The van der Waals surface area contributed by atoms with Crippen LogP contribution in [0.15, 0.2) is 49.1 Å². The number of aromatic nitrogens is 4. The fraction of sp³-hybridized carbons (Fsp3) is 0.200. The summed E-state index contributed by atoms with van der Waals surface area (Å²) >= 11 is 0. The number of carbonyl (C=O) groups excluding carboxylic acids is 1. The predicted octanol–water partition coefficient (Wildman–Crippen LogP) is -0.612. The fourth-order valence-electron chi connectivity index (χ4n) is 2.71. The van der Waals surface area contributed by atoms with Crippen molar-refractivity contribution in [3.63, 3.8) is 0 Å². The Labute approximate surface area is 195 Å². The van der Waals surface area contributed by atoms with Gasteiger partial charge in [-0.2, -0.15) is 10.2 Å². The molecular weight excluding hydrogens is 415 g/mol. The van der Waals surface area contributed by atoms with E-state index in [-0.39, 0.29) is 35.9 Å². The number of carboxylic acids is 1. The van der Waals surface area contributed by atoms with E-state index in [1.807, 2.05) is 0 Å². The summed E-state index contributed by atoms with van der Waals surface area (Å²) in [7, 11) is 3.11. The van der Waals surface area contributed by atoms with Gasteiger partial charge in [-0.3, -0.25) is 0 Å². The van der Waals surface area contributed by atoms with E-state index < -0.39 is 5.97 Å². The summed E-state index contributed by atoms with van der Waals surface area (Å²) in [5, 5.41) is 16.8. The molecule has 0 aromatic carbocycles. The summed E-state index contributed by atoms with van der Waals surface area (Å²) < 4.78 is 18.1. The average molecular weight is 436 g/mol. The molecule has 0 saturated carbocycles. The van der Waals surface area contributed by atoms with Crippen molar-refractivity contribution < 1.29 is 53.2 Å². The number of carboxylic acid groups (broad SMARTS) is 1. The van der Waals surface area contributed by atoms with Crippen molar-refractivity contribution in [1.29, 1.82) is 0 Å². The van der Waals surface area contributed by atoms with Gasteiger partial charge in [0.15, 0.2) is 0 Å². The quantitative estimate of drug-likeness (QED) is 0.320. The zero-order valence-corrected chi connectivity index (χ0v) is 18.1. The van der Waals surface area contributed by atoms with Crippen molar-refractivity contribution in [2.45, 2.75) is 6.92 Å². The van der Waals surface area contributed by atoms with Gasteiger partial charge >= 0.3 is 30.8 Å². The number of aromatic carboxylic acids is 1. The molecule has 0 amide bonds. The molecule has 4 rings (SSSR count). The third-order valence-electron chi connectivity index (χ3n) is 4.18. The smallest absolute Gasteiger partial charge is 0.870 e. The Morgan fingerprint density at radius 2 is 1.41 bits per heavy atom. The summed E-state index contributed by atoms with van der Waals surface area (Å²) in [4.78, 5) is 22.4. The summed E-state index contributed by atoms with van der Waals surface area (Å²) in [5.74, 6) is -0.0712. The summed E-state index contributed by atoms with van der Waals surface area (Å²) in [6.45, 7) is 2.12. The Hall–Kier alpha value is -3.52. The van der Waals surface area contributed by atoms with Crippen LogP contribution >= 0.6 is 0 Å². The minimum atomic E-state index is -0.992. The van der Waals surface area contributed by atoms with E-state index >= 15 is 0 Å². The molecule has 0 aliphatic rings. The number of pyridine rings is 2. The molecule has 2 N–H and O–H groups in total. The fourth-order valence-corrected chi connectivity index (χ4v) is 2.71. The van der Waals surface area contributed by atoms with E-state index in [1.54, 1.807) is 55.2 Å². The Morgan fingerprint density at radius 3 is 1.84 bits per heavy atom. The van der Waals surface area contributed by atoms with Crippen LogP contribution in [0.2, 0.25) is 0 Å². The molecule has 0 radical (unpaired) electrons. The number of hydrogen-bond acceptors (Lipinski definition) is 8. The van der Waals surface area contributed by atoms with E-state index in [1.165, 1.54) is 24.0 Å². The summed E-state index contributed by atoms with van der Waals surface area (Å²) in [5.41, 5.74) is 1.82. The molecule has 0 aliphatic carbocycles. The Morgan fingerprint density at radius 1 is 0.938 bits per heavy atom. The first-order chi connectivity index (χ1) is 14.5. The van der Waals surface area contributed by atoms with Crippen molar-refractivity contribution in [1.82, 2.24) is 19.2 Å². The second kappa shape index (κ2) is 11.8. The molecule has 0 unspecified atom stereocenters. The van der Waals surface area contributed by atoms with Crippen LogP contribution in [0, 0.1) is 0 Å². The van der Waals surface area contributed by atoms with Crippen LogP contribution in [0.4, 0.5) is 0 Å². The maximum absolute atomic E-state index is 11.6. The number of rotatable bonds is 5. The van der Waals surface area contributed by atoms with Gasteiger partial charge in [-0.15, -0.1) is 0 Å². The van der Waals surface area contributed by atoms with E-state index in [0.29, 0.717) is 34.7 Å². The number of methoxy groups -OCH3 is 2. The molecular formula is C20H21LiN4O7. The molecule has 11 nitrogen and oxygen atoms in total. The van der Waals surface area contributed by atoms with Gasteiger partial charge in [0.05, 0.1) is 44.3 Å². The normalized spacial score (nSPS) is 9.72. The third kappa shape index (κ3) is 5.58. The first-order valence-corrected chi connectivity index (χ1v) is 8.91. The summed E-state index contributed by atoms with van der Waals surface area (Å²) in [6.07, 6.45) is 6.20. The number of fused-ring (bicyclic) bond motifs is 2. The van der Waals surface area contributed by atoms with Gasteiger partial charge in [0, 0.05) is 24.5 Å². The molecule has 0 aliphatic heterocycles. The first-order valence-electron chi connectivity index (χ1n) is 8.91. The zero-order valence-electron chi connectivity index (χ0n) is 18.1. The van der Waals surface area contributed by atoms with Gasteiger partial charge in [-0.25, -0.2) is 18.6 Å². The topological polar surface area (TPSA) is 147 Å².